The molecule has 0 atom stereocenters. The molecule has 1 N–H and O–H groups in total. The largest absolute Gasteiger partial charge is 0.321 e. The summed E-state index contributed by atoms with van der Waals surface area (Å²) in [7, 11) is 0. The van der Waals surface area contributed by atoms with Crippen LogP contribution in [0, 0.1) is 6.92 Å². The quantitative estimate of drug-likeness (QED) is 0.477. The summed E-state index contributed by atoms with van der Waals surface area (Å²) in [6.07, 6.45) is 0. The number of para-hydroxylation sites is 2. The van der Waals surface area contributed by atoms with E-state index in [9.17, 15) is 4.79 Å². The maximum atomic E-state index is 12.9. The Balaban J connectivity index is 1.72. The summed E-state index contributed by atoms with van der Waals surface area (Å²) in [6, 6.07) is 18.2. The number of aromatic nitrogens is 1. The van der Waals surface area contributed by atoms with Crippen LogP contribution < -0.4 is 5.32 Å². The average Bonchev–Trinajstić information content (AvgIpc) is 3.04. The highest BCUT2D eigenvalue weighted by atomic mass is 32.1. The number of amides is 1. The van der Waals surface area contributed by atoms with Crippen molar-refractivity contribution in [3.05, 3.63) is 70.6 Å². The number of thiophene rings is 1. The zero-order chi connectivity index (χ0) is 18.3. The summed E-state index contributed by atoms with van der Waals surface area (Å²) in [5, 5.41) is 5.22. The van der Waals surface area contributed by atoms with Gasteiger partial charge in [-0.15, -0.1) is 11.3 Å². The fourth-order valence-corrected chi connectivity index (χ4v) is 4.12. The molecule has 4 aromatic rings. The van der Waals surface area contributed by atoms with Gasteiger partial charge in [-0.3, -0.25) is 4.79 Å². The monoisotopic (exact) mass is 360 g/mol. The summed E-state index contributed by atoms with van der Waals surface area (Å²) < 4.78 is 0. The fraction of sp³-hybridized carbons (Fsp3) is 0.182. The second-order valence-electron chi connectivity index (χ2n) is 6.83. The minimum atomic E-state index is -0.0757. The van der Waals surface area contributed by atoms with Crippen molar-refractivity contribution in [2.75, 3.05) is 5.32 Å². The van der Waals surface area contributed by atoms with Crippen LogP contribution in [0.5, 0.6) is 0 Å². The van der Waals surface area contributed by atoms with E-state index >= 15 is 0 Å². The van der Waals surface area contributed by atoms with Crippen molar-refractivity contribution in [1.29, 1.82) is 0 Å². The van der Waals surface area contributed by atoms with E-state index in [1.165, 1.54) is 11.3 Å². The van der Waals surface area contributed by atoms with Crippen LogP contribution in [0.4, 0.5) is 5.69 Å². The van der Waals surface area contributed by atoms with Crippen molar-refractivity contribution in [2.45, 2.75) is 26.7 Å². The van der Waals surface area contributed by atoms with Crippen LogP contribution in [0.25, 0.3) is 21.1 Å². The molecule has 4 rings (SSSR count). The van der Waals surface area contributed by atoms with Crippen LogP contribution in [0.15, 0.2) is 54.6 Å². The first-order chi connectivity index (χ1) is 12.5. The van der Waals surface area contributed by atoms with Gasteiger partial charge in [0.25, 0.3) is 5.91 Å². The molecule has 0 fully saturated rings. The van der Waals surface area contributed by atoms with Gasteiger partial charge in [0.2, 0.25) is 0 Å². The average molecular weight is 360 g/mol. The summed E-state index contributed by atoms with van der Waals surface area (Å²) in [5.41, 5.74) is 4.11. The summed E-state index contributed by atoms with van der Waals surface area (Å²) in [5.74, 6) is 0.271. The standard InChI is InChI=1S/C22H20N2OS/c1-13(2)17-9-6-7-14(3)20(17)24-21(25)19-12-16-11-15-8-4-5-10-18(15)23-22(16)26-19/h4-13H,1-3H3,(H,24,25). The number of nitrogens with zero attached hydrogens (tertiary/aromatic N) is 1. The van der Waals surface area contributed by atoms with Crippen molar-refractivity contribution >= 4 is 44.1 Å². The summed E-state index contributed by atoms with van der Waals surface area (Å²) in [6.45, 7) is 6.30. The molecule has 1 amide bonds. The number of hydrogen-bond donors (Lipinski definition) is 1. The first-order valence-electron chi connectivity index (χ1n) is 8.73. The number of fused-ring (bicyclic) bond motifs is 2. The van der Waals surface area contributed by atoms with Gasteiger partial charge < -0.3 is 5.32 Å². The number of carbonyl (C=O) groups is 1. The maximum Gasteiger partial charge on any atom is 0.265 e. The molecule has 0 saturated heterocycles. The van der Waals surface area contributed by atoms with Gasteiger partial charge in [-0.25, -0.2) is 4.98 Å². The lowest BCUT2D eigenvalue weighted by Gasteiger charge is -2.16. The Morgan fingerprint density at radius 1 is 1.04 bits per heavy atom. The predicted octanol–water partition coefficient (Wildman–Crippen LogP) is 6.13. The molecule has 0 saturated carbocycles. The molecule has 2 heterocycles. The number of nitrogens with one attached hydrogen (secondary N) is 1. The number of carbonyl (C=O) groups excluding carboxylic acids is 1. The van der Waals surface area contributed by atoms with Crippen molar-refractivity contribution in [3.63, 3.8) is 0 Å². The molecule has 0 unspecified atom stereocenters. The molecule has 0 aliphatic heterocycles. The molecule has 2 aromatic carbocycles. The first kappa shape index (κ1) is 16.7. The van der Waals surface area contributed by atoms with Crippen LogP contribution >= 0.6 is 11.3 Å². The molecule has 130 valence electrons. The third-order valence-electron chi connectivity index (χ3n) is 4.60. The van der Waals surface area contributed by atoms with Crippen LogP contribution in [-0.4, -0.2) is 10.9 Å². The Morgan fingerprint density at radius 2 is 1.85 bits per heavy atom. The van der Waals surface area contributed by atoms with E-state index < -0.39 is 0 Å². The molecule has 0 spiro atoms. The SMILES string of the molecule is Cc1cccc(C(C)C)c1NC(=O)c1cc2cc3ccccc3nc2s1. The minimum Gasteiger partial charge on any atom is -0.321 e. The van der Waals surface area contributed by atoms with Gasteiger partial charge in [0.15, 0.2) is 0 Å². The second-order valence-corrected chi connectivity index (χ2v) is 7.86. The summed E-state index contributed by atoms with van der Waals surface area (Å²) >= 11 is 1.44. The van der Waals surface area contributed by atoms with Crippen molar-refractivity contribution in [3.8, 4) is 0 Å². The Labute approximate surface area is 156 Å². The molecule has 0 aliphatic carbocycles. The maximum absolute atomic E-state index is 12.9. The molecule has 3 nitrogen and oxygen atoms in total. The minimum absolute atomic E-state index is 0.0757. The normalized spacial score (nSPS) is 11.4. The van der Waals surface area contributed by atoms with E-state index in [0.717, 1.165) is 37.9 Å². The lowest BCUT2D eigenvalue weighted by atomic mass is 9.98. The highest BCUT2D eigenvalue weighted by molar-refractivity contribution is 7.20. The van der Waals surface area contributed by atoms with E-state index in [1.807, 2.05) is 49.4 Å². The fourth-order valence-electron chi connectivity index (χ4n) is 3.20. The topological polar surface area (TPSA) is 42.0 Å². The lowest BCUT2D eigenvalue weighted by molar-refractivity contribution is 0.103. The lowest BCUT2D eigenvalue weighted by Crippen LogP contribution is -2.13. The van der Waals surface area contributed by atoms with Crippen LogP contribution in [-0.2, 0) is 0 Å². The van der Waals surface area contributed by atoms with E-state index in [4.69, 9.17) is 0 Å². The molecule has 26 heavy (non-hydrogen) atoms. The first-order valence-corrected chi connectivity index (χ1v) is 9.55. The van der Waals surface area contributed by atoms with Crippen LogP contribution in [0.3, 0.4) is 0 Å². The number of rotatable bonds is 3. The number of benzene rings is 2. The van der Waals surface area contributed by atoms with Crippen LogP contribution in [0.2, 0.25) is 0 Å². The van der Waals surface area contributed by atoms with Crippen molar-refractivity contribution in [1.82, 2.24) is 4.98 Å². The number of anilines is 1. The third-order valence-corrected chi connectivity index (χ3v) is 5.64. The molecule has 0 aliphatic rings. The molecule has 2 aromatic heterocycles. The van der Waals surface area contributed by atoms with Gasteiger partial charge in [-0.1, -0.05) is 50.2 Å². The molecule has 0 bridgehead atoms. The smallest absolute Gasteiger partial charge is 0.265 e. The molecule has 0 radical (unpaired) electrons. The number of aryl methyl sites for hydroxylation is 1. The molecular weight excluding hydrogens is 340 g/mol. The van der Waals surface area contributed by atoms with Gasteiger partial charge in [0, 0.05) is 16.5 Å². The van der Waals surface area contributed by atoms with Gasteiger partial charge >= 0.3 is 0 Å². The highest BCUT2D eigenvalue weighted by Crippen LogP contribution is 2.31. The molecule has 4 heteroatoms. The van der Waals surface area contributed by atoms with Gasteiger partial charge in [0.1, 0.15) is 4.83 Å². The highest BCUT2D eigenvalue weighted by Gasteiger charge is 2.16. The Kier molecular flexibility index (Phi) is 4.21. The predicted molar refractivity (Wildman–Crippen MR) is 110 cm³/mol. The summed E-state index contributed by atoms with van der Waals surface area (Å²) in [4.78, 5) is 19.1. The number of pyridine rings is 1. The third kappa shape index (κ3) is 2.97. The second kappa shape index (κ2) is 6.54. The Morgan fingerprint density at radius 3 is 2.65 bits per heavy atom. The Hall–Kier alpha value is -2.72. The molecular formula is C22H20N2OS. The van der Waals surface area contributed by atoms with Gasteiger partial charge in [-0.05, 0) is 42.2 Å². The van der Waals surface area contributed by atoms with Gasteiger partial charge in [-0.2, -0.15) is 0 Å². The zero-order valence-corrected chi connectivity index (χ0v) is 15.9. The Bertz CT molecular complexity index is 1080. The van der Waals surface area contributed by atoms with E-state index in [0.29, 0.717) is 10.8 Å². The van der Waals surface area contributed by atoms with Crippen molar-refractivity contribution < 1.29 is 4.79 Å². The van der Waals surface area contributed by atoms with E-state index in [-0.39, 0.29) is 5.91 Å². The van der Waals surface area contributed by atoms with Gasteiger partial charge in [0.05, 0.1) is 10.4 Å². The van der Waals surface area contributed by atoms with E-state index in [2.05, 4.69) is 36.3 Å². The van der Waals surface area contributed by atoms with E-state index in [1.54, 1.807) is 0 Å². The van der Waals surface area contributed by atoms with Crippen molar-refractivity contribution in [2.24, 2.45) is 0 Å². The van der Waals surface area contributed by atoms with Crippen LogP contribution in [0.1, 0.15) is 40.6 Å². The number of hydrogen-bond acceptors (Lipinski definition) is 3. The zero-order valence-electron chi connectivity index (χ0n) is 15.0.